The number of anilines is 1. The van der Waals surface area contributed by atoms with E-state index in [4.69, 9.17) is 0 Å². The molecule has 0 bridgehead atoms. The molecule has 1 fully saturated rings. The predicted molar refractivity (Wildman–Crippen MR) is 82.8 cm³/mol. The quantitative estimate of drug-likeness (QED) is 0.922. The Bertz CT molecular complexity index is 496. The molecule has 1 aromatic carbocycles. The fraction of sp³-hybridized carbons (Fsp3) is 0.562. The van der Waals surface area contributed by atoms with Crippen LogP contribution >= 0.6 is 0 Å². The molecule has 0 spiro atoms. The summed E-state index contributed by atoms with van der Waals surface area (Å²) in [6.45, 7) is 9.04. The van der Waals surface area contributed by atoms with Gasteiger partial charge in [-0.3, -0.25) is 4.79 Å². The first-order valence-electron chi connectivity index (χ1n) is 7.50. The zero-order valence-electron chi connectivity index (χ0n) is 13.0. The Morgan fingerprint density at radius 1 is 1.29 bits per heavy atom. The molecular weight excluding hydrogens is 269 g/mol. The molecule has 1 heterocycles. The van der Waals surface area contributed by atoms with Gasteiger partial charge in [0.1, 0.15) is 5.82 Å². The first-order valence-corrected chi connectivity index (χ1v) is 7.50. The minimum atomic E-state index is -0.186. The van der Waals surface area contributed by atoms with Crippen molar-refractivity contribution in [3.8, 4) is 0 Å². The van der Waals surface area contributed by atoms with Gasteiger partial charge < -0.3 is 15.1 Å². The van der Waals surface area contributed by atoms with Gasteiger partial charge in [-0.1, -0.05) is 26.0 Å². The third kappa shape index (κ3) is 3.94. The van der Waals surface area contributed by atoms with Crippen LogP contribution in [0.4, 0.5) is 10.1 Å². The van der Waals surface area contributed by atoms with Crippen molar-refractivity contribution in [3.05, 3.63) is 29.6 Å². The average molecular weight is 293 g/mol. The van der Waals surface area contributed by atoms with E-state index < -0.39 is 0 Å². The summed E-state index contributed by atoms with van der Waals surface area (Å²) in [5, 5.41) is 3.34. The van der Waals surface area contributed by atoms with Crippen LogP contribution in [-0.4, -0.2) is 43.0 Å². The molecule has 1 saturated heterocycles. The Labute approximate surface area is 125 Å². The van der Waals surface area contributed by atoms with E-state index in [1.165, 1.54) is 6.07 Å². The molecule has 0 unspecified atom stereocenters. The minimum absolute atomic E-state index is 0.0879. The van der Waals surface area contributed by atoms with E-state index in [2.05, 4.69) is 19.2 Å². The number of carbonyl (C=O) groups is 1. The van der Waals surface area contributed by atoms with Gasteiger partial charge in [0.25, 0.3) is 0 Å². The smallest absolute Gasteiger partial charge is 0.219 e. The van der Waals surface area contributed by atoms with Crippen LogP contribution in [0.3, 0.4) is 0 Å². The average Bonchev–Trinajstić information content (AvgIpc) is 2.45. The van der Waals surface area contributed by atoms with Crippen LogP contribution in [0, 0.1) is 5.82 Å². The lowest BCUT2D eigenvalue weighted by Gasteiger charge is -2.36. The summed E-state index contributed by atoms with van der Waals surface area (Å²) >= 11 is 0. The summed E-state index contributed by atoms with van der Waals surface area (Å²) in [5.41, 5.74) is 1.65. The maximum absolute atomic E-state index is 14.3. The van der Waals surface area contributed by atoms with Crippen LogP contribution < -0.4 is 10.2 Å². The molecule has 0 aliphatic carbocycles. The molecule has 1 N–H and O–H groups in total. The number of hydrogen-bond donors (Lipinski definition) is 1. The zero-order chi connectivity index (χ0) is 15.4. The van der Waals surface area contributed by atoms with Crippen LogP contribution in [0.2, 0.25) is 0 Å². The molecule has 2 rings (SSSR count). The highest BCUT2D eigenvalue weighted by atomic mass is 19.1. The molecule has 0 saturated carbocycles. The van der Waals surface area contributed by atoms with Gasteiger partial charge in [0.15, 0.2) is 0 Å². The van der Waals surface area contributed by atoms with Gasteiger partial charge in [-0.2, -0.15) is 0 Å². The Balaban J connectivity index is 2.13. The fourth-order valence-corrected chi connectivity index (χ4v) is 2.62. The Morgan fingerprint density at radius 3 is 2.52 bits per heavy atom. The van der Waals surface area contributed by atoms with Gasteiger partial charge in [0, 0.05) is 45.7 Å². The summed E-state index contributed by atoms with van der Waals surface area (Å²) in [7, 11) is 0. The van der Waals surface area contributed by atoms with Crippen LogP contribution in [0.5, 0.6) is 0 Å². The SMILES string of the molecule is CC(=O)N1CCN(c2c(F)cccc2CNC(C)C)CC1. The van der Waals surface area contributed by atoms with Gasteiger partial charge in [-0.25, -0.2) is 4.39 Å². The highest BCUT2D eigenvalue weighted by Crippen LogP contribution is 2.25. The molecule has 4 nitrogen and oxygen atoms in total. The van der Waals surface area contributed by atoms with Crippen molar-refractivity contribution in [1.82, 2.24) is 10.2 Å². The van der Waals surface area contributed by atoms with Gasteiger partial charge in [-0.15, -0.1) is 0 Å². The second kappa shape index (κ2) is 6.89. The summed E-state index contributed by atoms with van der Waals surface area (Å²) in [6.07, 6.45) is 0. The molecular formula is C16H24FN3O. The number of amides is 1. The lowest BCUT2D eigenvalue weighted by molar-refractivity contribution is -0.129. The summed E-state index contributed by atoms with van der Waals surface area (Å²) in [4.78, 5) is 15.2. The number of nitrogens with one attached hydrogen (secondary N) is 1. The van der Waals surface area contributed by atoms with Crippen molar-refractivity contribution in [1.29, 1.82) is 0 Å². The van der Waals surface area contributed by atoms with Gasteiger partial charge in [0.05, 0.1) is 5.69 Å². The monoisotopic (exact) mass is 293 g/mol. The number of carbonyl (C=O) groups excluding carboxylic acids is 1. The molecule has 0 radical (unpaired) electrons. The van der Waals surface area contributed by atoms with E-state index in [1.54, 1.807) is 13.0 Å². The Morgan fingerprint density at radius 2 is 1.95 bits per heavy atom. The summed E-state index contributed by atoms with van der Waals surface area (Å²) in [6, 6.07) is 5.58. The summed E-state index contributed by atoms with van der Waals surface area (Å²) in [5.74, 6) is -0.0980. The Kier molecular flexibility index (Phi) is 5.17. The predicted octanol–water partition coefficient (Wildman–Crippen LogP) is 1.99. The standard InChI is InChI=1S/C16H24FN3O/c1-12(2)18-11-14-5-4-6-15(17)16(14)20-9-7-19(8-10-20)13(3)21/h4-6,12,18H,7-11H2,1-3H3. The van der Waals surface area contributed by atoms with E-state index in [0.717, 1.165) is 5.56 Å². The molecule has 1 amide bonds. The van der Waals surface area contributed by atoms with E-state index >= 15 is 0 Å². The van der Waals surface area contributed by atoms with Gasteiger partial charge in [-0.05, 0) is 11.6 Å². The maximum atomic E-state index is 14.3. The van der Waals surface area contributed by atoms with E-state index in [-0.39, 0.29) is 11.7 Å². The van der Waals surface area contributed by atoms with E-state index in [1.807, 2.05) is 15.9 Å². The zero-order valence-corrected chi connectivity index (χ0v) is 13.0. The highest BCUT2D eigenvalue weighted by molar-refractivity contribution is 5.73. The normalized spacial score (nSPS) is 15.7. The third-order valence-electron chi connectivity index (χ3n) is 3.81. The molecule has 1 aromatic rings. The highest BCUT2D eigenvalue weighted by Gasteiger charge is 2.22. The molecule has 21 heavy (non-hydrogen) atoms. The van der Waals surface area contributed by atoms with Crippen molar-refractivity contribution in [2.75, 3.05) is 31.1 Å². The molecule has 116 valence electrons. The van der Waals surface area contributed by atoms with Crippen molar-refractivity contribution in [2.24, 2.45) is 0 Å². The van der Waals surface area contributed by atoms with Crippen molar-refractivity contribution in [3.63, 3.8) is 0 Å². The number of hydrogen-bond acceptors (Lipinski definition) is 3. The van der Waals surface area contributed by atoms with Gasteiger partial charge in [0.2, 0.25) is 5.91 Å². The van der Waals surface area contributed by atoms with Crippen molar-refractivity contribution in [2.45, 2.75) is 33.4 Å². The maximum Gasteiger partial charge on any atom is 0.219 e. The minimum Gasteiger partial charge on any atom is -0.365 e. The molecule has 0 atom stereocenters. The third-order valence-corrected chi connectivity index (χ3v) is 3.81. The molecule has 1 aliphatic heterocycles. The molecule has 0 aromatic heterocycles. The largest absolute Gasteiger partial charge is 0.365 e. The van der Waals surface area contributed by atoms with Gasteiger partial charge >= 0.3 is 0 Å². The first kappa shape index (κ1) is 15.8. The number of halogens is 1. The molecule has 1 aliphatic rings. The molecule has 5 heteroatoms. The number of nitrogens with zero attached hydrogens (tertiary/aromatic N) is 2. The lowest BCUT2D eigenvalue weighted by atomic mass is 10.1. The van der Waals surface area contributed by atoms with E-state index in [9.17, 15) is 9.18 Å². The number of benzene rings is 1. The van der Waals surface area contributed by atoms with E-state index in [0.29, 0.717) is 44.5 Å². The van der Waals surface area contributed by atoms with Crippen LogP contribution in [-0.2, 0) is 11.3 Å². The first-order chi connectivity index (χ1) is 9.99. The fourth-order valence-electron chi connectivity index (χ4n) is 2.62. The van der Waals surface area contributed by atoms with Crippen LogP contribution in [0.15, 0.2) is 18.2 Å². The Hall–Kier alpha value is -1.62. The van der Waals surface area contributed by atoms with Crippen LogP contribution in [0.1, 0.15) is 26.3 Å². The van der Waals surface area contributed by atoms with Crippen LogP contribution in [0.25, 0.3) is 0 Å². The summed E-state index contributed by atoms with van der Waals surface area (Å²) < 4.78 is 14.3. The van der Waals surface area contributed by atoms with Crippen molar-refractivity contribution >= 4 is 11.6 Å². The number of rotatable bonds is 4. The van der Waals surface area contributed by atoms with Crippen molar-refractivity contribution < 1.29 is 9.18 Å². The topological polar surface area (TPSA) is 35.6 Å². The second-order valence-electron chi connectivity index (χ2n) is 5.78. The number of piperazine rings is 1. The lowest BCUT2D eigenvalue weighted by Crippen LogP contribution is -2.48. The number of para-hydroxylation sites is 1. The second-order valence-corrected chi connectivity index (χ2v) is 5.78.